The predicted molar refractivity (Wildman–Crippen MR) is 128 cm³/mol. The van der Waals surface area contributed by atoms with Gasteiger partial charge < -0.3 is 5.32 Å². The van der Waals surface area contributed by atoms with Crippen molar-refractivity contribution in [1.29, 1.82) is 0 Å². The molecular weight excluding hydrogens is 548 g/mol. The standard InChI is InChI=1S/C24H17BrF4N4OS/c25-17-8-10-18(11-9-17)33-21(13-30-22(34)19-6-1-2-7-20(19)26)31-32-23(33)35-14-15-4-3-5-16(12-15)24(27,28)29/h1-12H,13-14H2,(H,30,34). The molecule has 0 aliphatic carbocycles. The number of amides is 1. The molecule has 0 saturated heterocycles. The summed E-state index contributed by atoms with van der Waals surface area (Å²) in [4.78, 5) is 12.4. The first kappa shape index (κ1) is 24.9. The average molecular weight is 565 g/mol. The highest BCUT2D eigenvalue weighted by Crippen LogP contribution is 2.31. The van der Waals surface area contributed by atoms with Gasteiger partial charge in [0.25, 0.3) is 5.91 Å². The lowest BCUT2D eigenvalue weighted by molar-refractivity contribution is -0.137. The second-order valence-corrected chi connectivity index (χ2v) is 9.22. The van der Waals surface area contributed by atoms with Crippen LogP contribution in [-0.4, -0.2) is 20.7 Å². The van der Waals surface area contributed by atoms with E-state index >= 15 is 0 Å². The number of halogens is 5. The van der Waals surface area contributed by atoms with Crippen molar-refractivity contribution in [1.82, 2.24) is 20.1 Å². The zero-order valence-corrected chi connectivity index (χ0v) is 20.3. The van der Waals surface area contributed by atoms with Crippen molar-refractivity contribution < 1.29 is 22.4 Å². The molecule has 1 N–H and O–H groups in total. The number of nitrogens with one attached hydrogen (secondary N) is 1. The topological polar surface area (TPSA) is 59.8 Å². The molecule has 1 aromatic heterocycles. The maximum atomic E-state index is 13.9. The van der Waals surface area contributed by atoms with Gasteiger partial charge in [-0.1, -0.05) is 58.0 Å². The second kappa shape index (κ2) is 10.6. The van der Waals surface area contributed by atoms with E-state index in [0.717, 1.165) is 16.6 Å². The summed E-state index contributed by atoms with van der Waals surface area (Å²) >= 11 is 4.59. The molecule has 4 aromatic rings. The second-order valence-electron chi connectivity index (χ2n) is 7.36. The molecule has 0 atom stereocenters. The van der Waals surface area contributed by atoms with Crippen LogP contribution in [0, 0.1) is 5.82 Å². The molecule has 5 nitrogen and oxygen atoms in total. The van der Waals surface area contributed by atoms with E-state index in [-0.39, 0.29) is 17.9 Å². The third kappa shape index (κ3) is 6.09. The minimum absolute atomic E-state index is 0.0413. The molecule has 4 rings (SSSR count). The van der Waals surface area contributed by atoms with E-state index in [1.165, 1.54) is 36.0 Å². The summed E-state index contributed by atoms with van der Waals surface area (Å²) in [7, 11) is 0. The molecule has 0 aliphatic heterocycles. The Morgan fingerprint density at radius 1 is 1.00 bits per heavy atom. The Hall–Kier alpha value is -3.18. The third-order valence-electron chi connectivity index (χ3n) is 4.93. The highest BCUT2D eigenvalue weighted by molar-refractivity contribution is 9.10. The van der Waals surface area contributed by atoms with Gasteiger partial charge in [0.1, 0.15) is 5.82 Å². The Morgan fingerprint density at radius 3 is 2.46 bits per heavy atom. The van der Waals surface area contributed by atoms with Crippen LogP contribution >= 0.6 is 27.7 Å². The van der Waals surface area contributed by atoms with Crippen LogP contribution in [0.2, 0.25) is 0 Å². The molecule has 0 fully saturated rings. The molecule has 180 valence electrons. The van der Waals surface area contributed by atoms with Crippen molar-refractivity contribution in [3.63, 3.8) is 0 Å². The van der Waals surface area contributed by atoms with E-state index in [0.29, 0.717) is 22.2 Å². The smallest absolute Gasteiger partial charge is 0.345 e. The van der Waals surface area contributed by atoms with Crippen LogP contribution in [0.3, 0.4) is 0 Å². The maximum Gasteiger partial charge on any atom is 0.416 e. The lowest BCUT2D eigenvalue weighted by Crippen LogP contribution is -2.25. The number of nitrogens with zero attached hydrogens (tertiary/aromatic N) is 3. The number of aromatic nitrogens is 3. The number of hydrogen-bond donors (Lipinski definition) is 1. The van der Waals surface area contributed by atoms with Crippen LogP contribution in [0.1, 0.15) is 27.3 Å². The summed E-state index contributed by atoms with van der Waals surface area (Å²) in [5, 5.41) is 11.4. The quantitative estimate of drug-likeness (QED) is 0.208. The SMILES string of the molecule is O=C(NCc1nnc(SCc2cccc(C(F)(F)F)c2)n1-c1ccc(Br)cc1)c1ccccc1F. The van der Waals surface area contributed by atoms with Gasteiger partial charge in [0.05, 0.1) is 17.7 Å². The fourth-order valence-corrected chi connectivity index (χ4v) is 4.42. The number of hydrogen-bond acceptors (Lipinski definition) is 4. The molecular formula is C24H17BrF4N4OS. The van der Waals surface area contributed by atoms with Gasteiger partial charge in [-0.3, -0.25) is 9.36 Å². The maximum absolute atomic E-state index is 13.9. The van der Waals surface area contributed by atoms with E-state index < -0.39 is 23.5 Å². The molecule has 11 heteroatoms. The monoisotopic (exact) mass is 564 g/mol. The zero-order chi connectivity index (χ0) is 25.0. The molecule has 1 heterocycles. The first-order valence-corrected chi connectivity index (χ1v) is 12.0. The highest BCUT2D eigenvalue weighted by atomic mass is 79.9. The summed E-state index contributed by atoms with van der Waals surface area (Å²) in [5.74, 6) is -0.646. The summed E-state index contributed by atoms with van der Waals surface area (Å²) in [6.07, 6.45) is -4.43. The van der Waals surface area contributed by atoms with Gasteiger partial charge in [-0.25, -0.2) is 4.39 Å². The van der Waals surface area contributed by atoms with Crippen molar-refractivity contribution in [3.8, 4) is 5.69 Å². The summed E-state index contributed by atoms with van der Waals surface area (Å²) in [5.41, 5.74) is 0.354. The van der Waals surface area contributed by atoms with Crippen molar-refractivity contribution in [2.24, 2.45) is 0 Å². The molecule has 35 heavy (non-hydrogen) atoms. The van der Waals surface area contributed by atoms with Crippen LogP contribution in [0.15, 0.2) is 82.4 Å². The fourth-order valence-electron chi connectivity index (χ4n) is 3.24. The van der Waals surface area contributed by atoms with Gasteiger partial charge >= 0.3 is 6.18 Å². The Kier molecular flexibility index (Phi) is 7.56. The summed E-state index contributed by atoms with van der Waals surface area (Å²) < 4.78 is 55.7. The number of rotatable bonds is 7. The predicted octanol–water partition coefficient (Wildman–Crippen LogP) is 6.41. The minimum atomic E-state index is -4.43. The molecule has 0 aliphatic rings. The molecule has 0 spiro atoms. The highest BCUT2D eigenvalue weighted by Gasteiger charge is 2.30. The van der Waals surface area contributed by atoms with E-state index in [1.54, 1.807) is 16.7 Å². The molecule has 3 aromatic carbocycles. The van der Waals surface area contributed by atoms with E-state index in [9.17, 15) is 22.4 Å². The third-order valence-corrected chi connectivity index (χ3v) is 6.46. The number of alkyl halides is 3. The van der Waals surface area contributed by atoms with Gasteiger partial charge in [0.2, 0.25) is 0 Å². The van der Waals surface area contributed by atoms with Crippen molar-refractivity contribution >= 4 is 33.6 Å². The lowest BCUT2D eigenvalue weighted by Gasteiger charge is -2.12. The molecule has 1 amide bonds. The number of carbonyl (C=O) groups is 1. The van der Waals surface area contributed by atoms with Gasteiger partial charge in [-0.05, 0) is 48.0 Å². The zero-order valence-electron chi connectivity index (χ0n) is 17.9. The molecule has 0 unspecified atom stereocenters. The Labute approximate surface area is 210 Å². The average Bonchev–Trinajstić information content (AvgIpc) is 3.24. The van der Waals surface area contributed by atoms with Gasteiger partial charge in [-0.15, -0.1) is 10.2 Å². The Bertz CT molecular complexity index is 1340. The lowest BCUT2D eigenvalue weighted by atomic mass is 10.1. The van der Waals surface area contributed by atoms with E-state index in [4.69, 9.17) is 0 Å². The van der Waals surface area contributed by atoms with Gasteiger partial charge in [0, 0.05) is 15.9 Å². The van der Waals surface area contributed by atoms with Crippen molar-refractivity contribution in [2.75, 3.05) is 0 Å². The summed E-state index contributed by atoms with van der Waals surface area (Å²) in [6, 6.07) is 18.0. The van der Waals surface area contributed by atoms with Crippen molar-refractivity contribution in [3.05, 3.63) is 106 Å². The van der Waals surface area contributed by atoms with Crippen LogP contribution in [0.4, 0.5) is 17.6 Å². The van der Waals surface area contributed by atoms with Gasteiger partial charge in [-0.2, -0.15) is 13.2 Å². The van der Waals surface area contributed by atoms with Crippen LogP contribution in [0.25, 0.3) is 5.69 Å². The van der Waals surface area contributed by atoms with Crippen LogP contribution < -0.4 is 5.32 Å². The largest absolute Gasteiger partial charge is 0.416 e. The van der Waals surface area contributed by atoms with Crippen molar-refractivity contribution in [2.45, 2.75) is 23.6 Å². The van der Waals surface area contributed by atoms with Crippen LogP contribution in [0.5, 0.6) is 0 Å². The Morgan fingerprint density at radius 2 is 1.74 bits per heavy atom. The van der Waals surface area contributed by atoms with Crippen LogP contribution in [-0.2, 0) is 18.5 Å². The Balaban J connectivity index is 1.58. The minimum Gasteiger partial charge on any atom is -0.345 e. The first-order valence-electron chi connectivity index (χ1n) is 10.2. The fraction of sp³-hybridized carbons (Fsp3) is 0.125. The van der Waals surface area contributed by atoms with Gasteiger partial charge in [0.15, 0.2) is 11.0 Å². The first-order chi connectivity index (χ1) is 16.7. The molecule has 0 bridgehead atoms. The number of thioether (sulfide) groups is 1. The number of carbonyl (C=O) groups excluding carboxylic acids is 1. The normalized spacial score (nSPS) is 11.5. The summed E-state index contributed by atoms with van der Waals surface area (Å²) in [6.45, 7) is -0.0413. The molecule has 0 saturated carbocycles. The van der Waals surface area contributed by atoms with E-state index in [2.05, 4.69) is 31.4 Å². The molecule has 0 radical (unpaired) electrons. The number of benzene rings is 3. The van der Waals surface area contributed by atoms with E-state index in [1.807, 2.05) is 24.3 Å².